The van der Waals surface area contributed by atoms with Gasteiger partial charge in [-0.1, -0.05) is 0 Å². The highest BCUT2D eigenvalue weighted by atomic mass is 19.1. The van der Waals surface area contributed by atoms with Gasteiger partial charge in [0.1, 0.15) is 11.4 Å². The van der Waals surface area contributed by atoms with Crippen molar-refractivity contribution in [2.24, 2.45) is 0 Å². The minimum Gasteiger partial charge on any atom is -0.492 e. The second kappa shape index (κ2) is 9.45. The number of barbiturate groups is 1. The number of anilines is 1. The van der Waals surface area contributed by atoms with Gasteiger partial charge in [-0.25, -0.2) is 14.1 Å². The van der Waals surface area contributed by atoms with Gasteiger partial charge in [0.05, 0.1) is 12.8 Å². The molecule has 2 aliphatic heterocycles. The molecule has 1 N–H and O–H groups in total. The smallest absolute Gasteiger partial charge is 0.335 e. The summed E-state index contributed by atoms with van der Waals surface area (Å²) in [7, 11) is 3.05. The van der Waals surface area contributed by atoms with Gasteiger partial charge in [0.15, 0.2) is 11.5 Å². The molecule has 1 fully saturated rings. The van der Waals surface area contributed by atoms with Crippen LogP contribution < -0.4 is 24.4 Å². The summed E-state index contributed by atoms with van der Waals surface area (Å²) in [6.07, 6.45) is 1.66. The summed E-state index contributed by atoms with van der Waals surface area (Å²) in [4.78, 5) is 52.3. The number of likely N-dealkylation sites (N-methyl/N-ethyl adjacent to an activating group) is 1. The highest BCUT2D eigenvalue weighted by Gasteiger charge is 2.37. The molecule has 0 atom stereocenters. The number of rotatable bonds is 6. The van der Waals surface area contributed by atoms with Gasteiger partial charge < -0.3 is 19.1 Å². The van der Waals surface area contributed by atoms with E-state index < -0.39 is 23.7 Å². The van der Waals surface area contributed by atoms with Gasteiger partial charge in [-0.3, -0.25) is 19.7 Å². The first-order valence-corrected chi connectivity index (χ1v) is 10.6. The van der Waals surface area contributed by atoms with Crippen LogP contribution in [0.25, 0.3) is 6.08 Å². The van der Waals surface area contributed by atoms with Crippen LogP contribution in [0.5, 0.6) is 17.2 Å². The topological polar surface area (TPSA) is 114 Å². The van der Waals surface area contributed by atoms with E-state index in [1.54, 1.807) is 13.1 Å². The number of ether oxygens (including phenoxy) is 3. The van der Waals surface area contributed by atoms with E-state index in [9.17, 15) is 23.6 Å². The van der Waals surface area contributed by atoms with Crippen LogP contribution in [0.3, 0.4) is 0 Å². The standard InChI is InChI=1S/C24H22FN3O7/c1-13(29)27(2)9-8-14-10-19-21(35-12-34-19)20(33-3)17(14)11-18-22(30)26-24(32)28(23(18)31)16-6-4-15(25)5-7-16/h4-7,10-11H,8-9,12H2,1-3H3,(H,26,30,32)/b18-11+. The molecule has 2 aliphatic rings. The lowest BCUT2D eigenvalue weighted by Crippen LogP contribution is -2.54. The molecule has 5 amide bonds. The van der Waals surface area contributed by atoms with Crippen molar-refractivity contribution in [1.29, 1.82) is 0 Å². The number of benzene rings is 2. The minimum atomic E-state index is -0.954. The zero-order valence-corrected chi connectivity index (χ0v) is 19.2. The lowest BCUT2D eigenvalue weighted by atomic mass is 9.98. The molecule has 182 valence electrons. The van der Waals surface area contributed by atoms with Crippen LogP contribution in [0, 0.1) is 5.82 Å². The number of fused-ring (bicyclic) bond motifs is 1. The predicted molar refractivity (Wildman–Crippen MR) is 122 cm³/mol. The number of nitrogens with one attached hydrogen (secondary N) is 1. The van der Waals surface area contributed by atoms with E-state index in [0.717, 1.165) is 17.0 Å². The summed E-state index contributed by atoms with van der Waals surface area (Å²) < 4.78 is 29.9. The Morgan fingerprint density at radius 2 is 1.94 bits per heavy atom. The Kier molecular flexibility index (Phi) is 6.41. The largest absolute Gasteiger partial charge is 0.492 e. The molecule has 10 nitrogen and oxygen atoms in total. The molecule has 1 saturated heterocycles. The molecule has 0 unspecified atom stereocenters. The summed E-state index contributed by atoms with van der Waals surface area (Å²) >= 11 is 0. The van der Waals surface area contributed by atoms with Gasteiger partial charge >= 0.3 is 6.03 Å². The van der Waals surface area contributed by atoms with Gasteiger partial charge in [0.25, 0.3) is 11.8 Å². The third-order valence-corrected chi connectivity index (χ3v) is 5.68. The lowest BCUT2D eigenvalue weighted by Gasteiger charge is -2.26. The van der Waals surface area contributed by atoms with Gasteiger partial charge in [-0.15, -0.1) is 0 Å². The van der Waals surface area contributed by atoms with Crippen molar-refractivity contribution in [2.75, 3.05) is 32.4 Å². The number of hydrogen-bond donors (Lipinski definition) is 1. The first kappa shape index (κ1) is 23.7. The van der Waals surface area contributed by atoms with Gasteiger partial charge in [-0.2, -0.15) is 0 Å². The summed E-state index contributed by atoms with van der Waals surface area (Å²) in [5, 5.41) is 2.13. The van der Waals surface area contributed by atoms with E-state index in [-0.39, 0.29) is 29.7 Å². The van der Waals surface area contributed by atoms with E-state index in [0.29, 0.717) is 35.6 Å². The third kappa shape index (κ3) is 4.52. The predicted octanol–water partition coefficient (Wildman–Crippen LogP) is 2.25. The molecular weight excluding hydrogens is 461 g/mol. The highest BCUT2D eigenvalue weighted by Crippen LogP contribution is 2.46. The average Bonchev–Trinajstić information content (AvgIpc) is 3.29. The Morgan fingerprint density at radius 3 is 2.60 bits per heavy atom. The van der Waals surface area contributed by atoms with Crippen LogP contribution in [-0.4, -0.2) is 56.1 Å². The molecule has 2 aromatic carbocycles. The second-order valence-electron chi connectivity index (χ2n) is 7.84. The van der Waals surface area contributed by atoms with Crippen LogP contribution in [0.15, 0.2) is 35.9 Å². The number of carbonyl (C=O) groups excluding carboxylic acids is 4. The number of amides is 5. The highest BCUT2D eigenvalue weighted by molar-refractivity contribution is 6.39. The van der Waals surface area contributed by atoms with Crippen molar-refractivity contribution < 1.29 is 37.8 Å². The van der Waals surface area contributed by atoms with E-state index in [4.69, 9.17) is 14.2 Å². The van der Waals surface area contributed by atoms with Crippen molar-refractivity contribution in [3.63, 3.8) is 0 Å². The van der Waals surface area contributed by atoms with Crippen LogP contribution >= 0.6 is 0 Å². The maximum absolute atomic E-state index is 13.4. The molecule has 0 aromatic heterocycles. The first-order chi connectivity index (χ1) is 16.7. The Hall–Kier alpha value is -4.41. The molecule has 0 aliphatic carbocycles. The Morgan fingerprint density at radius 1 is 1.23 bits per heavy atom. The molecule has 0 radical (unpaired) electrons. The molecule has 4 rings (SSSR count). The number of nitrogens with zero attached hydrogens (tertiary/aromatic N) is 2. The molecule has 11 heteroatoms. The number of imide groups is 2. The minimum absolute atomic E-state index is 0.0369. The zero-order chi connectivity index (χ0) is 25.3. The summed E-state index contributed by atoms with van der Waals surface area (Å²) in [5.74, 6) is -1.51. The summed E-state index contributed by atoms with van der Waals surface area (Å²) in [5.41, 5.74) is 0.735. The number of carbonyl (C=O) groups is 4. The van der Waals surface area contributed by atoms with Gasteiger partial charge in [0.2, 0.25) is 18.4 Å². The third-order valence-electron chi connectivity index (χ3n) is 5.68. The van der Waals surface area contributed by atoms with Gasteiger partial charge in [0, 0.05) is 26.1 Å². The fraction of sp³-hybridized carbons (Fsp3) is 0.250. The Bertz CT molecular complexity index is 1260. The normalized spacial score (nSPS) is 15.9. The monoisotopic (exact) mass is 483 g/mol. The summed E-state index contributed by atoms with van der Waals surface area (Å²) in [6.45, 7) is 1.74. The van der Waals surface area contributed by atoms with Crippen molar-refractivity contribution >= 4 is 35.5 Å². The fourth-order valence-corrected chi connectivity index (χ4v) is 3.72. The Balaban J connectivity index is 1.80. The quantitative estimate of drug-likeness (QED) is 0.495. The maximum atomic E-state index is 13.4. The number of halogens is 1. The second-order valence-corrected chi connectivity index (χ2v) is 7.84. The van der Waals surface area contributed by atoms with E-state index in [1.165, 1.54) is 37.1 Å². The van der Waals surface area contributed by atoms with E-state index in [1.807, 2.05) is 0 Å². The van der Waals surface area contributed by atoms with Crippen molar-refractivity contribution in [3.8, 4) is 17.2 Å². The number of hydrogen-bond acceptors (Lipinski definition) is 7. The molecule has 2 aromatic rings. The molecule has 35 heavy (non-hydrogen) atoms. The lowest BCUT2D eigenvalue weighted by molar-refractivity contribution is -0.127. The van der Waals surface area contributed by atoms with Crippen LogP contribution in [0.4, 0.5) is 14.9 Å². The maximum Gasteiger partial charge on any atom is 0.335 e. The number of methoxy groups -OCH3 is 1. The molecule has 0 spiro atoms. The fourth-order valence-electron chi connectivity index (χ4n) is 3.72. The van der Waals surface area contributed by atoms with Crippen LogP contribution in [0.2, 0.25) is 0 Å². The molecule has 0 saturated carbocycles. The molecule has 0 bridgehead atoms. The average molecular weight is 483 g/mol. The number of urea groups is 1. The van der Waals surface area contributed by atoms with Crippen LogP contribution in [-0.2, 0) is 20.8 Å². The van der Waals surface area contributed by atoms with Crippen molar-refractivity contribution in [2.45, 2.75) is 13.3 Å². The van der Waals surface area contributed by atoms with Crippen molar-refractivity contribution in [3.05, 3.63) is 52.8 Å². The van der Waals surface area contributed by atoms with Crippen molar-refractivity contribution in [1.82, 2.24) is 10.2 Å². The Labute approximate surface area is 199 Å². The van der Waals surface area contributed by atoms with E-state index >= 15 is 0 Å². The SMILES string of the molecule is COc1c(/C=C2\C(=O)NC(=O)N(c3ccc(F)cc3)C2=O)c(CCN(C)C(C)=O)cc2c1OCO2. The summed E-state index contributed by atoms with van der Waals surface area (Å²) in [6, 6.07) is 5.44. The first-order valence-electron chi connectivity index (χ1n) is 10.6. The van der Waals surface area contributed by atoms with E-state index in [2.05, 4.69) is 5.32 Å². The molecular formula is C24H22FN3O7. The zero-order valence-electron chi connectivity index (χ0n) is 19.2. The molecule has 2 heterocycles. The van der Waals surface area contributed by atoms with Gasteiger partial charge in [-0.05, 0) is 48.4 Å². The van der Waals surface area contributed by atoms with Crippen LogP contribution in [0.1, 0.15) is 18.1 Å².